The SMILES string of the molecule is CC1(C)CC(=O)c2c([nH]c(-c3ccncc3)c2Cc2ccccc2CO)C1. The Kier molecular flexibility index (Phi) is 4.44. The number of carbonyl (C=O) groups excluding carboxylic acids is 1. The first-order valence-corrected chi connectivity index (χ1v) is 9.33. The van der Waals surface area contributed by atoms with Crippen LogP contribution in [0.15, 0.2) is 48.8 Å². The summed E-state index contributed by atoms with van der Waals surface area (Å²) in [5, 5.41) is 9.71. The minimum Gasteiger partial charge on any atom is -0.392 e. The number of hydrogen-bond acceptors (Lipinski definition) is 3. The summed E-state index contributed by atoms with van der Waals surface area (Å²) in [6.45, 7) is 4.28. The van der Waals surface area contributed by atoms with Gasteiger partial charge in [0.15, 0.2) is 5.78 Å². The fourth-order valence-electron chi connectivity index (χ4n) is 4.15. The van der Waals surface area contributed by atoms with Crippen LogP contribution in [-0.2, 0) is 19.4 Å². The van der Waals surface area contributed by atoms with Gasteiger partial charge in [-0.15, -0.1) is 0 Å². The predicted molar refractivity (Wildman–Crippen MR) is 106 cm³/mol. The van der Waals surface area contributed by atoms with Crippen molar-refractivity contribution in [2.45, 2.75) is 39.7 Å². The van der Waals surface area contributed by atoms with Crippen LogP contribution in [0.2, 0.25) is 0 Å². The molecule has 4 rings (SSSR count). The molecule has 0 unspecified atom stereocenters. The van der Waals surface area contributed by atoms with Crippen LogP contribution in [0.3, 0.4) is 0 Å². The van der Waals surface area contributed by atoms with Crippen molar-refractivity contribution in [2.24, 2.45) is 5.41 Å². The van der Waals surface area contributed by atoms with Gasteiger partial charge in [0.25, 0.3) is 0 Å². The molecule has 0 saturated carbocycles. The molecule has 27 heavy (non-hydrogen) atoms. The Hall–Kier alpha value is -2.72. The van der Waals surface area contributed by atoms with Crippen LogP contribution < -0.4 is 0 Å². The van der Waals surface area contributed by atoms with Gasteiger partial charge in [-0.05, 0) is 40.7 Å². The number of rotatable bonds is 4. The number of aromatic nitrogens is 2. The van der Waals surface area contributed by atoms with Gasteiger partial charge in [0, 0.05) is 42.1 Å². The van der Waals surface area contributed by atoms with Crippen LogP contribution in [0.4, 0.5) is 0 Å². The first-order chi connectivity index (χ1) is 13.0. The molecular formula is C23H24N2O2. The van der Waals surface area contributed by atoms with Crippen molar-refractivity contribution in [3.05, 3.63) is 76.7 Å². The second-order valence-corrected chi connectivity index (χ2v) is 8.11. The second-order valence-electron chi connectivity index (χ2n) is 8.11. The van der Waals surface area contributed by atoms with Crippen LogP contribution in [0.1, 0.15) is 53.0 Å². The molecule has 2 aromatic heterocycles. The summed E-state index contributed by atoms with van der Waals surface area (Å²) in [5.74, 6) is 0.203. The van der Waals surface area contributed by atoms with Crippen molar-refractivity contribution in [1.82, 2.24) is 9.97 Å². The fourth-order valence-corrected chi connectivity index (χ4v) is 4.15. The van der Waals surface area contributed by atoms with Gasteiger partial charge in [0.05, 0.1) is 12.3 Å². The zero-order valence-corrected chi connectivity index (χ0v) is 15.7. The minimum absolute atomic E-state index is 0.00560. The molecule has 1 aliphatic carbocycles. The zero-order chi connectivity index (χ0) is 19.0. The van der Waals surface area contributed by atoms with Gasteiger partial charge in [-0.2, -0.15) is 0 Å². The highest BCUT2D eigenvalue weighted by molar-refractivity contribution is 6.02. The van der Waals surface area contributed by atoms with Crippen molar-refractivity contribution in [3.8, 4) is 11.3 Å². The Morgan fingerprint density at radius 2 is 1.78 bits per heavy atom. The third-order valence-corrected chi connectivity index (χ3v) is 5.38. The van der Waals surface area contributed by atoms with Gasteiger partial charge in [0.2, 0.25) is 0 Å². The van der Waals surface area contributed by atoms with Crippen molar-refractivity contribution in [1.29, 1.82) is 0 Å². The molecule has 4 heteroatoms. The zero-order valence-electron chi connectivity index (χ0n) is 15.7. The Morgan fingerprint density at radius 1 is 1.07 bits per heavy atom. The molecule has 0 aliphatic heterocycles. The standard InChI is InChI=1S/C23H24N2O2/c1-23(2)12-19-21(20(27)13-23)18(11-16-5-3-4-6-17(16)14-26)22(25-19)15-7-9-24-10-8-15/h3-10,25-26H,11-14H2,1-2H3. The summed E-state index contributed by atoms with van der Waals surface area (Å²) >= 11 is 0. The number of carbonyl (C=O) groups is 1. The molecule has 0 amide bonds. The molecule has 2 N–H and O–H groups in total. The highest BCUT2D eigenvalue weighted by atomic mass is 16.3. The highest BCUT2D eigenvalue weighted by Crippen LogP contribution is 2.40. The number of H-pyrrole nitrogens is 1. The summed E-state index contributed by atoms with van der Waals surface area (Å²) in [5.41, 5.74) is 6.82. The van der Waals surface area contributed by atoms with Crippen LogP contribution >= 0.6 is 0 Å². The van der Waals surface area contributed by atoms with E-state index < -0.39 is 0 Å². The van der Waals surface area contributed by atoms with E-state index in [9.17, 15) is 9.90 Å². The lowest BCUT2D eigenvalue weighted by molar-refractivity contribution is 0.0911. The monoisotopic (exact) mass is 360 g/mol. The van der Waals surface area contributed by atoms with E-state index in [4.69, 9.17) is 0 Å². The van der Waals surface area contributed by atoms with Crippen molar-refractivity contribution >= 4 is 5.78 Å². The van der Waals surface area contributed by atoms with Crippen LogP contribution in [0, 0.1) is 5.41 Å². The van der Waals surface area contributed by atoms with Crippen LogP contribution in [-0.4, -0.2) is 20.9 Å². The topological polar surface area (TPSA) is 66.0 Å². The number of aromatic amines is 1. The number of aliphatic hydroxyl groups excluding tert-OH is 1. The lowest BCUT2D eigenvalue weighted by Gasteiger charge is -2.28. The molecular weight excluding hydrogens is 336 g/mol. The molecule has 3 aromatic rings. The van der Waals surface area contributed by atoms with Crippen LogP contribution in [0.5, 0.6) is 0 Å². The Bertz CT molecular complexity index is 987. The number of pyridine rings is 1. The van der Waals surface area contributed by atoms with E-state index in [-0.39, 0.29) is 17.8 Å². The average molecular weight is 360 g/mol. The first-order valence-electron chi connectivity index (χ1n) is 9.33. The summed E-state index contributed by atoms with van der Waals surface area (Å²) in [4.78, 5) is 20.7. The molecule has 1 aromatic carbocycles. The number of hydrogen-bond donors (Lipinski definition) is 2. The largest absolute Gasteiger partial charge is 0.392 e. The maximum atomic E-state index is 13.0. The van der Waals surface area contributed by atoms with E-state index in [0.717, 1.165) is 45.6 Å². The average Bonchev–Trinajstić information content (AvgIpc) is 3.00. The van der Waals surface area contributed by atoms with Gasteiger partial charge < -0.3 is 10.1 Å². The number of fused-ring (bicyclic) bond motifs is 1. The molecule has 0 bridgehead atoms. The summed E-state index contributed by atoms with van der Waals surface area (Å²) < 4.78 is 0. The third kappa shape index (κ3) is 3.33. The Morgan fingerprint density at radius 3 is 2.48 bits per heavy atom. The highest BCUT2D eigenvalue weighted by Gasteiger charge is 2.35. The molecule has 0 spiro atoms. The third-order valence-electron chi connectivity index (χ3n) is 5.38. The van der Waals surface area contributed by atoms with E-state index in [0.29, 0.717) is 12.8 Å². The summed E-state index contributed by atoms with van der Waals surface area (Å²) in [6, 6.07) is 11.8. The molecule has 138 valence electrons. The second kappa shape index (κ2) is 6.78. The minimum atomic E-state index is -0.0370. The molecule has 2 heterocycles. The van der Waals surface area contributed by atoms with Crippen molar-refractivity contribution < 1.29 is 9.90 Å². The van der Waals surface area contributed by atoms with E-state index in [1.54, 1.807) is 12.4 Å². The number of nitrogens with zero attached hydrogens (tertiary/aromatic N) is 1. The van der Waals surface area contributed by atoms with Gasteiger partial charge in [0.1, 0.15) is 0 Å². The molecule has 0 fully saturated rings. The van der Waals surface area contributed by atoms with Gasteiger partial charge in [-0.1, -0.05) is 38.1 Å². The molecule has 4 nitrogen and oxygen atoms in total. The lowest BCUT2D eigenvalue weighted by Crippen LogP contribution is -2.27. The Balaban J connectivity index is 1.89. The predicted octanol–water partition coefficient (Wildman–Crippen LogP) is 4.31. The molecule has 0 saturated heterocycles. The number of Topliss-reactive ketones (excluding diaryl/α,β-unsaturated/α-hetero) is 1. The number of nitrogens with one attached hydrogen (secondary N) is 1. The number of ketones is 1. The number of benzene rings is 1. The van der Waals surface area contributed by atoms with Gasteiger partial charge >= 0.3 is 0 Å². The molecule has 0 atom stereocenters. The maximum Gasteiger partial charge on any atom is 0.165 e. The lowest BCUT2D eigenvalue weighted by atomic mass is 9.75. The summed E-state index contributed by atoms with van der Waals surface area (Å²) in [7, 11) is 0. The van der Waals surface area contributed by atoms with E-state index >= 15 is 0 Å². The van der Waals surface area contributed by atoms with E-state index in [1.807, 2.05) is 36.4 Å². The van der Waals surface area contributed by atoms with Crippen molar-refractivity contribution in [2.75, 3.05) is 0 Å². The fraction of sp³-hybridized carbons (Fsp3) is 0.304. The molecule has 1 aliphatic rings. The first kappa shape index (κ1) is 17.7. The summed E-state index contributed by atoms with van der Waals surface area (Å²) in [6.07, 6.45) is 5.57. The normalized spacial score (nSPS) is 15.6. The van der Waals surface area contributed by atoms with E-state index in [1.165, 1.54) is 0 Å². The van der Waals surface area contributed by atoms with Gasteiger partial charge in [-0.3, -0.25) is 9.78 Å². The quantitative estimate of drug-likeness (QED) is 0.728. The molecule has 0 radical (unpaired) electrons. The van der Waals surface area contributed by atoms with Gasteiger partial charge in [-0.25, -0.2) is 0 Å². The van der Waals surface area contributed by atoms with Crippen LogP contribution in [0.25, 0.3) is 11.3 Å². The van der Waals surface area contributed by atoms with Crippen molar-refractivity contribution in [3.63, 3.8) is 0 Å². The number of aliphatic hydroxyl groups is 1. The smallest absolute Gasteiger partial charge is 0.165 e. The Labute approximate surface area is 159 Å². The van der Waals surface area contributed by atoms with E-state index in [2.05, 4.69) is 23.8 Å². The maximum absolute atomic E-state index is 13.0.